The SMILES string of the molecule is Cc1nn(-c2ccccc2)c2c1[C@H](c1ccc(C(F)(F)F)cc1)C(C#N)=C(N)O2. The van der Waals surface area contributed by atoms with Gasteiger partial charge in [-0.15, -0.1) is 0 Å². The number of aryl methyl sites for hydroxylation is 1. The largest absolute Gasteiger partial charge is 0.422 e. The van der Waals surface area contributed by atoms with Gasteiger partial charge in [0.05, 0.1) is 28.4 Å². The van der Waals surface area contributed by atoms with Crippen LogP contribution in [0.2, 0.25) is 0 Å². The molecule has 1 aliphatic heterocycles. The number of hydrogen-bond acceptors (Lipinski definition) is 4. The van der Waals surface area contributed by atoms with Gasteiger partial charge in [-0.1, -0.05) is 30.3 Å². The fourth-order valence-electron chi connectivity index (χ4n) is 3.46. The van der Waals surface area contributed by atoms with E-state index in [1.165, 1.54) is 12.1 Å². The van der Waals surface area contributed by atoms with Gasteiger partial charge in [0, 0.05) is 0 Å². The summed E-state index contributed by atoms with van der Waals surface area (Å²) >= 11 is 0. The van der Waals surface area contributed by atoms with Crippen molar-refractivity contribution in [1.82, 2.24) is 9.78 Å². The lowest BCUT2D eigenvalue weighted by Crippen LogP contribution is -2.22. The van der Waals surface area contributed by atoms with E-state index in [1.54, 1.807) is 11.6 Å². The van der Waals surface area contributed by atoms with Crippen molar-refractivity contribution in [3.63, 3.8) is 0 Å². The fraction of sp³-hybridized carbons (Fsp3) is 0.143. The Morgan fingerprint density at radius 3 is 2.34 bits per heavy atom. The Morgan fingerprint density at radius 2 is 1.76 bits per heavy atom. The van der Waals surface area contributed by atoms with Crippen molar-refractivity contribution in [3.8, 4) is 17.6 Å². The van der Waals surface area contributed by atoms with Crippen LogP contribution in [0.15, 0.2) is 66.1 Å². The number of allylic oxidation sites excluding steroid dienone is 1. The second-order valence-corrected chi connectivity index (χ2v) is 6.60. The fourth-order valence-corrected chi connectivity index (χ4v) is 3.46. The van der Waals surface area contributed by atoms with Gasteiger partial charge in [-0.3, -0.25) is 0 Å². The molecule has 1 atom stereocenters. The van der Waals surface area contributed by atoms with Crippen LogP contribution in [0, 0.1) is 18.3 Å². The molecule has 8 heteroatoms. The molecule has 0 spiro atoms. The highest BCUT2D eigenvalue weighted by molar-refractivity contribution is 5.57. The van der Waals surface area contributed by atoms with E-state index in [1.807, 2.05) is 36.4 Å². The molecule has 4 rings (SSSR count). The number of benzene rings is 2. The predicted molar refractivity (Wildman–Crippen MR) is 99.0 cm³/mol. The lowest BCUT2D eigenvalue weighted by Gasteiger charge is -2.25. The smallest absolute Gasteiger partial charge is 0.416 e. The third-order valence-electron chi connectivity index (χ3n) is 4.80. The van der Waals surface area contributed by atoms with Crippen LogP contribution >= 0.6 is 0 Å². The van der Waals surface area contributed by atoms with Gasteiger partial charge in [0.1, 0.15) is 11.6 Å². The minimum Gasteiger partial charge on any atom is -0.422 e. The van der Waals surface area contributed by atoms with E-state index in [0.29, 0.717) is 22.7 Å². The van der Waals surface area contributed by atoms with Crippen molar-refractivity contribution in [2.24, 2.45) is 5.73 Å². The normalized spacial score (nSPS) is 16.2. The molecule has 3 aromatic rings. The molecule has 146 valence electrons. The zero-order valence-electron chi connectivity index (χ0n) is 15.2. The Kier molecular flexibility index (Phi) is 4.31. The van der Waals surface area contributed by atoms with E-state index in [-0.39, 0.29) is 11.5 Å². The topological polar surface area (TPSA) is 76.9 Å². The summed E-state index contributed by atoms with van der Waals surface area (Å²) in [5, 5.41) is 14.2. The average molecular weight is 396 g/mol. The van der Waals surface area contributed by atoms with E-state index in [2.05, 4.69) is 5.10 Å². The summed E-state index contributed by atoms with van der Waals surface area (Å²) in [5.41, 5.74) is 7.79. The lowest BCUT2D eigenvalue weighted by atomic mass is 9.84. The average Bonchev–Trinajstić information content (AvgIpc) is 3.03. The van der Waals surface area contributed by atoms with Crippen molar-refractivity contribution >= 4 is 0 Å². The first-order valence-corrected chi connectivity index (χ1v) is 8.71. The summed E-state index contributed by atoms with van der Waals surface area (Å²) in [6.45, 7) is 1.76. The van der Waals surface area contributed by atoms with E-state index in [9.17, 15) is 18.4 Å². The number of nitrogens with zero attached hydrogens (tertiary/aromatic N) is 3. The quantitative estimate of drug-likeness (QED) is 0.696. The Hall–Kier alpha value is -3.73. The number of ether oxygens (including phenoxy) is 1. The van der Waals surface area contributed by atoms with Crippen LogP contribution in [0.1, 0.15) is 28.3 Å². The van der Waals surface area contributed by atoms with E-state index < -0.39 is 17.7 Å². The van der Waals surface area contributed by atoms with Crippen molar-refractivity contribution in [2.75, 3.05) is 0 Å². The first-order valence-electron chi connectivity index (χ1n) is 8.71. The zero-order valence-corrected chi connectivity index (χ0v) is 15.2. The van der Waals surface area contributed by atoms with Crippen molar-refractivity contribution in [2.45, 2.75) is 19.0 Å². The van der Waals surface area contributed by atoms with E-state index in [0.717, 1.165) is 17.8 Å². The number of rotatable bonds is 2. The van der Waals surface area contributed by atoms with Crippen LogP contribution in [0.5, 0.6) is 5.88 Å². The van der Waals surface area contributed by atoms with Crippen LogP contribution in [-0.2, 0) is 6.18 Å². The number of alkyl halides is 3. The molecular weight excluding hydrogens is 381 g/mol. The summed E-state index contributed by atoms with van der Waals surface area (Å²) in [7, 11) is 0. The summed E-state index contributed by atoms with van der Waals surface area (Å²) in [4.78, 5) is 0. The minimum absolute atomic E-state index is 0.0954. The number of para-hydroxylation sites is 1. The third kappa shape index (κ3) is 3.10. The Labute approximate surface area is 164 Å². The lowest BCUT2D eigenvalue weighted by molar-refractivity contribution is -0.137. The van der Waals surface area contributed by atoms with Crippen LogP contribution in [-0.4, -0.2) is 9.78 Å². The number of fused-ring (bicyclic) bond motifs is 1. The van der Waals surface area contributed by atoms with Crippen LogP contribution in [0.3, 0.4) is 0 Å². The first-order chi connectivity index (χ1) is 13.8. The van der Waals surface area contributed by atoms with Crippen molar-refractivity contribution in [1.29, 1.82) is 5.26 Å². The van der Waals surface area contributed by atoms with Gasteiger partial charge in [0.2, 0.25) is 11.8 Å². The molecule has 0 amide bonds. The standard InChI is InChI=1S/C21H15F3N4O/c1-12-17-18(13-7-9-14(10-8-13)21(22,23)24)16(11-25)19(26)29-20(17)28(27-12)15-5-3-2-4-6-15/h2-10,18H,26H2,1H3/t18-/m1/s1. The Morgan fingerprint density at radius 1 is 1.10 bits per heavy atom. The van der Waals surface area contributed by atoms with Crippen LogP contribution in [0.25, 0.3) is 5.69 Å². The van der Waals surface area contributed by atoms with Crippen molar-refractivity contribution in [3.05, 3.63) is 88.4 Å². The summed E-state index contributed by atoms with van der Waals surface area (Å²) in [6, 6.07) is 15.9. The molecule has 1 aliphatic rings. The van der Waals surface area contributed by atoms with Gasteiger partial charge >= 0.3 is 6.18 Å². The van der Waals surface area contributed by atoms with Gasteiger partial charge in [0.15, 0.2) is 0 Å². The van der Waals surface area contributed by atoms with Gasteiger partial charge in [0.25, 0.3) is 0 Å². The monoisotopic (exact) mass is 396 g/mol. The van der Waals surface area contributed by atoms with Gasteiger partial charge < -0.3 is 10.5 Å². The third-order valence-corrected chi connectivity index (χ3v) is 4.80. The molecule has 0 fully saturated rings. The highest BCUT2D eigenvalue weighted by atomic mass is 19.4. The number of halogens is 3. The molecule has 29 heavy (non-hydrogen) atoms. The second kappa shape index (κ2) is 6.71. The molecule has 5 nitrogen and oxygen atoms in total. The number of hydrogen-bond donors (Lipinski definition) is 1. The molecule has 0 aliphatic carbocycles. The minimum atomic E-state index is -4.44. The molecule has 0 radical (unpaired) electrons. The second-order valence-electron chi connectivity index (χ2n) is 6.60. The Bertz CT molecular complexity index is 1140. The summed E-state index contributed by atoms with van der Waals surface area (Å²) in [6.07, 6.45) is -4.44. The maximum atomic E-state index is 12.9. The maximum Gasteiger partial charge on any atom is 0.416 e. The highest BCUT2D eigenvalue weighted by Crippen LogP contribution is 2.45. The Balaban J connectivity index is 1.89. The summed E-state index contributed by atoms with van der Waals surface area (Å²) < 4.78 is 46.1. The molecule has 2 heterocycles. The molecule has 1 aromatic heterocycles. The molecule has 0 saturated carbocycles. The van der Waals surface area contributed by atoms with Gasteiger partial charge in [-0.2, -0.15) is 23.5 Å². The van der Waals surface area contributed by atoms with Gasteiger partial charge in [-0.05, 0) is 36.8 Å². The number of aromatic nitrogens is 2. The molecule has 0 unspecified atom stereocenters. The molecular formula is C21H15F3N4O. The summed E-state index contributed by atoms with van der Waals surface area (Å²) in [5.74, 6) is -0.430. The molecule has 2 aromatic carbocycles. The van der Waals surface area contributed by atoms with Gasteiger partial charge in [-0.25, -0.2) is 4.68 Å². The number of nitriles is 1. The van der Waals surface area contributed by atoms with Crippen molar-refractivity contribution < 1.29 is 17.9 Å². The van der Waals surface area contributed by atoms with E-state index >= 15 is 0 Å². The highest BCUT2D eigenvalue weighted by Gasteiger charge is 2.37. The van der Waals surface area contributed by atoms with Crippen LogP contribution in [0.4, 0.5) is 13.2 Å². The predicted octanol–water partition coefficient (Wildman–Crippen LogP) is 4.42. The maximum absolute atomic E-state index is 12.9. The molecule has 0 bridgehead atoms. The zero-order chi connectivity index (χ0) is 20.8. The molecule has 0 saturated heterocycles. The first kappa shape index (κ1) is 18.6. The molecule has 2 N–H and O–H groups in total. The van der Waals surface area contributed by atoms with E-state index in [4.69, 9.17) is 10.5 Å². The van der Waals surface area contributed by atoms with Crippen LogP contribution < -0.4 is 10.5 Å². The number of nitrogens with two attached hydrogens (primary N) is 1.